The van der Waals surface area contributed by atoms with E-state index in [0.29, 0.717) is 11.6 Å². The van der Waals surface area contributed by atoms with Gasteiger partial charge in [-0.15, -0.1) is 0 Å². The second-order valence-corrected chi connectivity index (χ2v) is 6.36. The Kier molecular flexibility index (Phi) is 6.64. The van der Waals surface area contributed by atoms with Crippen LogP contribution in [0.25, 0.3) is 0 Å². The molecule has 24 heavy (non-hydrogen) atoms. The van der Waals surface area contributed by atoms with Crippen LogP contribution in [0.4, 0.5) is 0 Å². The maximum atomic E-state index is 10.8. The number of carboxylic acid groups (broad SMARTS) is 1. The monoisotopic (exact) mass is 347 g/mol. The van der Waals surface area contributed by atoms with E-state index >= 15 is 0 Å². The number of carbonyl (C=O) groups is 1. The maximum absolute atomic E-state index is 10.8. The molecule has 128 valence electrons. The molecule has 1 atom stereocenters. The highest BCUT2D eigenvalue weighted by atomic mass is 35.5. The first-order valence-electron chi connectivity index (χ1n) is 7.82. The Morgan fingerprint density at radius 1 is 1.12 bits per heavy atom. The van der Waals surface area contributed by atoms with E-state index in [1.165, 1.54) is 0 Å². The molecular weight excluding hydrogens is 326 g/mol. The first kappa shape index (κ1) is 18.3. The Labute approximate surface area is 147 Å². The van der Waals surface area contributed by atoms with Crippen molar-refractivity contribution in [1.29, 1.82) is 0 Å². The normalized spacial score (nSPS) is 12.2. The predicted octanol–water partition coefficient (Wildman–Crippen LogP) is 3.87. The van der Waals surface area contributed by atoms with E-state index < -0.39 is 5.97 Å². The molecule has 0 bridgehead atoms. The highest BCUT2D eigenvalue weighted by Gasteiger charge is 2.12. The van der Waals surface area contributed by atoms with E-state index in [4.69, 9.17) is 21.4 Å². The van der Waals surface area contributed by atoms with Crippen molar-refractivity contribution in [3.05, 3.63) is 64.7 Å². The second kappa shape index (κ2) is 8.71. The SMILES string of the molecule is CC(Cc1ccc(OCc2ccc(Cl)cc2)cc1)N(C)CC(=O)O. The minimum atomic E-state index is -0.810. The summed E-state index contributed by atoms with van der Waals surface area (Å²) in [6, 6.07) is 15.6. The standard InChI is InChI=1S/C19H22ClNO3/c1-14(21(2)12-19(22)23)11-15-5-9-18(10-6-15)24-13-16-3-7-17(20)8-4-16/h3-10,14H,11-13H2,1-2H3,(H,22,23). The molecule has 0 aliphatic carbocycles. The lowest BCUT2D eigenvalue weighted by Gasteiger charge is -2.22. The number of carboxylic acids is 1. The highest BCUT2D eigenvalue weighted by molar-refractivity contribution is 6.30. The molecule has 2 rings (SSSR count). The second-order valence-electron chi connectivity index (χ2n) is 5.92. The summed E-state index contributed by atoms with van der Waals surface area (Å²) in [4.78, 5) is 12.6. The summed E-state index contributed by atoms with van der Waals surface area (Å²) in [5, 5.41) is 9.55. The molecule has 0 spiro atoms. The van der Waals surface area contributed by atoms with Crippen LogP contribution in [0.15, 0.2) is 48.5 Å². The fraction of sp³-hybridized carbons (Fsp3) is 0.316. The van der Waals surface area contributed by atoms with Gasteiger partial charge in [-0.1, -0.05) is 35.9 Å². The molecule has 4 nitrogen and oxygen atoms in total. The summed E-state index contributed by atoms with van der Waals surface area (Å²) in [5.74, 6) is -0.00413. The molecule has 0 saturated carbocycles. The minimum Gasteiger partial charge on any atom is -0.489 e. The van der Waals surface area contributed by atoms with E-state index in [0.717, 1.165) is 23.3 Å². The molecule has 5 heteroatoms. The molecule has 2 aromatic rings. The van der Waals surface area contributed by atoms with Gasteiger partial charge >= 0.3 is 5.97 Å². The lowest BCUT2D eigenvalue weighted by atomic mass is 10.1. The highest BCUT2D eigenvalue weighted by Crippen LogP contribution is 2.17. The first-order chi connectivity index (χ1) is 11.4. The van der Waals surface area contributed by atoms with Crippen LogP contribution < -0.4 is 4.74 Å². The van der Waals surface area contributed by atoms with Gasteiger partial charge in [-0.05, 0) is 55.8 Å². The lowest BCUT2D eigenvalue weighted by molar-refractivity contribution is -0.138. The van der Waals surface area contributed by atoms with E-state index in [1.807, 2.05) is 67.4 Å². The molecule has 0 radical (unpaired) electrons. The van der Waals surface area contributed by atoms with Gasteiger partial charge in [0, 0.05) is 11.1 Å². The van der Waals surface area contributed by atoms with Crippen LogP contribution in [0.1, 0.15) is 18.1 Å². The number of likely N-dealkylation sites (N-methyl/N-ethyl adjacent to an activating group) is 1. The van der Waals surface area contributed by atoms with Crippen molar-refractivity contribution in [3.63, 3.8) is 0 Å². The van der Waals surface area contributed by atoms with Crippen LogP contribution in [-0.4, -0.2) is 35.6 Å². The van der Waals surface area contributed by atoms with Crippen LogP contribution in [0.3, 0.4) is 0 Å². The third-order valence-electron chi connectivity index (χ3n) is 3.91. The van der Waals surface area contributed by atoms with Gasteiger partial charge in [0.05, 0.1) is 6.54 Å². The Morgan fingerprint density at radius 2 is 1.71 bits per heavy atom. The molecule has 0 aromatic heterocycles. The number of halogens is 1. The molecular formula is C19H22ClNO3. The van der Waals surface area contributed by atoms with Crippen LogP contribution in [0, 0.1) is 0 Å². The Bertz CT molecular complexity index is 655. The van der Waals surface area contributed by atoms with Crippen LogP contribution in [0.5, 0.6) is 5.75 Å². The van der Waals surface area contributed by atoms with E-state index in [1.54, 1.807) is 0 Å². The Hall–Kier alpha value is -2.04. The number of ether oxygens (including phenoxy) is 1. The summed E-state index contributed by atoms with van der Waals surface area (Å²) < 4.78 is 5.76. The molecule has 0 aliphatic heterocycles. The smallest absolute Gasteiger partial charge is 0.317 e. The largest absolute Gasteiger partial charge is 0.489 e. The lowest BCUT2D eigenvalue weighted by Crippen LogP contribution is -2.35. The predicted molar refractivity (Wildman–Crippen MR) is 95.7 cm³/mol. The van der Waals surface area contributed by atoms with Gasteiger partial charge in [-0.25, -0.2) is 0 Å². The number of hydrogen-bond acceptors (Lipinski definition) is 3. The zero-order valence-electron chi connectivity index (χ0n) is 13.9. The molecule has 1 unspecified atom stereocenters. The Balaban J connectivity index is 1.86. The topological polar surface area (TPSA) is 49.8 Å². The number of aliphatic carboxylic acids is 1. The van der Waals surface area contributed by atoms with Gasteiger partial charge in [0.2, 0.25) is 0 Å². The van der Waals surface area contributed by atoms with E-state index in [-0.39, 0.29) is 12.6 Å². The van der Waals surface area contributed by atoms with Crippen LogP contribution in [0.2, 0.25) is 5.02 Å². The van der Waals surface area contributed by atoms with Crippen molar-refractivity contribution >= 4 is 17.6 Å². The number of nitrogens with zero attached hydrogens (tertiary/aromatic N) is 1. The maximum Gasteiger partial charge on any atom is 0.317 e. The minimum absolute atomic E-state index is 0.0451. The van der Waals surface area contributed by atoms with Gasteiger partial charge in [0.1, 0.15) is 12.4 Å². The molecule has 0 saturated heterocycles. The van der Waals surface area contributed by atoms with Gasteiger partial charge in [0.15, 0.2) is 0 Å². The molecule has 0 amide bonds. The number of benzene rings is 2. The van der Waals surface area contributed by atoms with Crippen molar-refractivity contribution in [2.24, 2.45) is 0 Å². The molecule has 2 aromatic carbocycles. The molecule has 0 heterocycles. The number of hydrogen-bond donors (Lipinski definition) is 1. The summed E-state index contributed by atoms with van der Waals surface area (Å²) >= 11 is 5.86. The third-order valence-corrected chi connectivity index (χ3v) is 4.16. The van der Waals surface area contributed by atoms with Crippen molar-refractivity contribution in [2.45, 2.75) is 26.0 Å². The van der Waals surface area contributed by atoms with Crippen LogP contribution >= 0.6 is 11.6 Å². The quantitative estimate of drug-likeness (QED) is 0.787. The van der Waals surface area contributed by atoms with Gasteiger partial charge in [-0.2, -0.15) is 0 Å². The third kappa shape index (κ3) is 5.87. The average Bonchev–Trinajstić information content (AvgIpc) is 2.55. The van der Waals surface area contributed by atoms with E-state index in [9.17, 15) is 4.79 Å². The summed E-state index contributed by atoms with van der Waals surface area (Å²) in [5.41, 5.74) is 2.21. The summed E-state index contributed by atoms with van der Waals surface area (Å²) in [6.45, 7) is 2.56. The van der Waals surface area contributed by atoms with Crippen LogP contribution in [-0.2, 0) is 17.8 Å². The van der Waals surface area contributed by atoms with E-state index in [2.05, 4.69) is 0 Å². The fourth-order valence-electron chi connectivity index (χ4n) is 2.34. The average molecular weight is 348 g/mol. The van der Waals surface area contributed by atoms with Gasteiger partial charge in [0.25, 0.3) is 0 Å². The summed E-state index contributed by atoms with van der Waals surface area (Å²) in [7, 11) is 1.82. The van der Waals surface area contributed by atoms with Crippen molar-refractivity contribution in [1.82, 2.24) is 4.90 Å². The zero-order valence-corrected chi connectivity index (χ0v) is 14.7. The zero-order chi connectivity index (χ0) is 17.5. The number of rotatable bonds is 8. The molecule has 1 N–H and O–H groups in total. The summed E-state index contributed by atoms with van der Waals surface area (Å²) in [6.07, 6.45) is 0.793. The van der Waals surface area contributed by atoms with Crippen molar-refractivity contribution in [2.75, 3.05) is 13.6 Å². The fourth-order valence-corrected chi connectivity index (χ4v) is 2.46. The molecule has 0 aliphatic rings. The van der Waals surface area contributed by atoms with Crippen molar-refractivity contribution < 1.29 is 14.6 Å². The first-order valence-corrected chi connectivity index (χ1v) is 8.20. The van der Waals surface area contributed by atoms with Crippen molar-refractivity contribution in [3.8, 4) is 5.75 Å². The molecule has 0 fully saturated rings. The van der Waals surface area contributed by atoms with Gasteiger partial charge in [-0.3, -0.25) is 9.69 Å². The Morgan fingerprint density at radius 3 is 2.29 bits per heavy atom. The van der Waals surface area contributed by atoms with Gasteiger partial charge < -0.3 is 9.84 Å².